The molecule has 0 atom stereocenters. The van der Waals surface area contributed by atoms with Crippen LogP contribution in [0.1, 0.15) is 27.0 Å². The zero-order valence-electron chi connectivity index (χ0n) is 15.2. The van der Waals surface area contributed by atoms with Crippen LogP contribution in [0.25, 0.3) is 11.3 Å². The van der Waals surface area contributed by atoms with E-state index >= 15 is 0 Å². The third-order valence-corrected chi connectivity index (χ3v) is 4.33. The van der Waals surface area contributed by atoms with Gasteiger partial charge in [0.1, 0.15) is 5.75 Å². The van der Waals surface area contributed by atoms with Crippen LogP contribution in [0.2, 0.25) is 0 Å². The molecule has 0 unspecified atom stereocenters. The first-order valence-corrected chi connectivity index (χ1v) is 8.52. The Morgan fingerprint density at radius 2 is 1.85 bits per heavy atom. The summed E-state index contributed by atoms with van der Waals surface area (Å²) < 4.78 is 5.21. The van der Waals surface area contributed by atoms with E-state index in [1.54, 1.807) is 13.3 Å². The van der Waals surface area contributed by atoms with Crippen LogP contribution < -0.4 is 10.1 Å². The molecule has 0 aliphatic rings. The van der Waals surface area contributed by atoms with Crippen molar-refractivity contribution >= 4 is 5.91 Å². The molecule has 132 valence electrons. The smallest absolute Gasteiger partial charge is 0.251 e. The van der Waals surface area contributed by atoms with Gasteiger partial charge >= 0.3 is 0 Å². The minimum atomic E-state index is -0.0734. The van der Waals surface area contributed by atoms with Crippen LogP contribution in [-0.4, -0.2) is 18.0 Å². The van der Waals surface area contributed by atoms with Gasteiger partial charge in [-0.05, 0) is 61.4 Å². The van der Waals surface area contributed by atoms with E-state index in [0.717, 1.165) is 33.7 Å². The van der Waals surface area contributed by atoms with E-state index in [2.05, 4.69) is 10.3 Å². The van der Waals surface area contributed by atoms with Crippen LogP contribution >= 0.6 is 0 Å². The van der Waals surface area contributed by atoms with Crippen molar-refractivity contribution in [2.24, 2.45) is 0 Å². The van der Waals surface area contributed by atoms with Crippen molar-refractivity contribution < 1.29 is 9.53 Å². The molecule has 0 saturated heterocycles. The minimum Gasteiger partial charge on any atom is -0.497 e. The van der Waals surface area contributed by atoms with E-state index in [9.17, 15) is 4.79 Å². The fourth-order valence-electron chi connectivity index (χ4n) is 2.84. The Hall–Kier alpha value is -3.14. The van der Waals surface area contributed by atoms with Gasteiger partial charge < -0.3 is 10.1 Å². The number of aromatic nitrogens is 1. The summed E-state index contributed by atoms with van der Waals surface area (Å²) in [4.78, 5) is 17.1. The molecule has 0 spiro atoms. The van der Waals surface area contributed by atoms with Crippen LogP contribution in [0.3, 0.4) is 0 Å². The molecule has 0 aliphatic heterocycles. The molecule has 4 heteroatoms. The minimum absolute atomic E-state index is 0.0734. The highest BCUT2D eigenvalue weighted by molar-refractivity contribution is 5.95. The number of nitrogens with one attached hydrogen (secondary N) is 1. The summed E-state index contributed by atoms with van der Waals surface area (Å²) in [5.41, 5.74) is 5.56. The zero-order valence-corrected chi connectivity index (χ0v) is 15.2. The summed E-state index contributed by atoms with van der Waals surface area (Å²) in [6.45, 7) is 4.35. The largest absolute Gasteiger partial charge is 0.497 e. The van der Waals surface area contributed by atoms with Gasteiger partial charge in [-0.3, -0.25) is 9.78 Å². The number of hydrogen-bond donors (Lipinski definition) is 1. The Kier molecular flexibility index (Phi) is 5.32. The van der Waals surface area contributed by atoms with Gasteiger partial charge in [0, 0.05) is 23.9 Å². The molecule has 1 aromatic heterocycles. The first kappa shape index (κ1) is 17.7. The molecule has 1 amide bonds. The molecule has 0 fully saturated rings. The van der Waals surface area contributed by atoms with E-state index in [-0.39, 0.29) is 5.91 Å². The first-order valence-electron chi connectivity index (χ1n) is 8.52. The summed E-state index contributed by atoms with van der Waals surface area (Å²) in [6.07, 6.45) is 1.76. The number of carbonyl (C=O) groups excluding carboxylic acids is 1. The van der Waals surface area contributed by atoms with E-state index < -0.39 is 0 Å². The molecule has 0 saturated carbocycles. The van der Waals surface area contributed by atoms with Gasteiger partial charge in [0.05, 0.1) is 12.8 Å². The van der Waals surface area contributed by atoms with Crippen molar-refractivity contribution in [2.75, 3.05) is 7.11 Å². The Bertz CT molecular complexity index is 918. The number of pyridine rings is 1. The zero-order chi connectivity index (χ0) is 18.5. The quantitative estimate of drug-likeness (QED) is 0.749. The highest BCUT2D eigenvalue weighted by Gasteiger charge is 2.11. The predicted octanol–water partition coefficient (Wildman–Crippen LogP) is 4.30. The highest BCUT2D eigenvalue weighted by atomic mass is 16.5. The summed E-state index contributed by atoms with van der Waals surface area (Å²) in [5.74, 6) is 0.727. The lowest BCUT2D eigenvalue weighted by Crippen LogP contribution is -2.24. The Morgan fingerprint density at radius 1 is 1.08 bits per heavy atom. The van der Waals surface area contributed by atoms with E-state index in [0.29, 0.717) is 12.1 Å². The summed E-state index contributed by atoms with van der Waals surface area (Å²) >= 11 is 0. The number of hydrogen-bond acceptors (Lipinski definition) is 3. The fraction of sp³-hybridized carbons (Fsp3) is 0.182. The molecule has 0 bridgehead atoms. The van der Waals surface area contributed by atoms with Gasteiger partial charge in [0.15, 0.2) is 0 Å². The molecule has 0 radical (unpaired) electrons. The van der Waals surface area contributed by atoms with Crippen LogP contribution in [0.15, 0.2) is 60.8 Å². The molecule has 1 N–H and O–H groups in total. The number of aryl methyl sites for hydroxylation is 2. The maximum atomic E-state index is 12.6. The molecule has 0 aliphatic carbocycles. The molecule has 3 aromatic rings. The van der Waals surface area contributed by atoms with Gasteiger partial charge in [-0.25, -0.2) is 0 Å². The Balaban J connectivity index is 1.80. The number of carbonyl (C=O) groups is 1. The Morgan fingerprint density at radius 3 is 2.58 bits per heavy atom. The molecule has 2 aromatic carbocycles. The SMILES string of the molecule is COc1ccc(-c2ncccc2CNC(=O)c2cc(C)ccc2C)cc1. The number of rotatable bonds is 5. The van der Waals surface area contributed by atoms with E-state index in [1.165, 1.54) is 0 Å². The van der Waals surface area contributed by atoms with Crippen molar-refractivity contribution in [3.63, 3.8) is 0 Å². The van der Waals surface area contributed by atoms with Crippen molar-refractivity contribution in [1.29, 1.82) is 0 Å². The normalized spacial score (nSPS) is 10.4. The maximum Gasteiger partial charge on any atom is 0.251 e. The summed E-state index contributed by atoms with van der Waals surface area (Å²) in [5, 5.41) is 3.01. The second-order valence-corrected chi connectivity index (χ2v) is 6.24. The molecular weight excluding hydrogens is 324 g/mol. The van der Waals surface area contributed by atoms with Crippen molar-refractivity contribution in [1.82, 2.24) is 10.3 Å². The molecular formula is C22H22N2O2. The third kappa shape index (κ3) is 3.91. The maximum absolute atomic E-state index is 12.6. The summed E-state index contributed by atoms with van der Waals surface area (Å²) in [6, 6.07) is 17.5. The topological polar surface area (TPSA) is 51.2 Å². The van der Waals surface area contributed by atoms with Crippen LogP contribution in [0.5, 0.6) is 5.75 Å². The summed E-state index contributed by atoms with van der Waals surface area (Å²) in [7, 11) is 1.64. The number of nitrogens with zero attached hydrogens (tertiary/aromatic N) is 1. The van der Waals surface area contributed by atoms with Crippen molar-refractivity contribution in [3.8, 4) is 17.0 Å². The lowest BCUT2D eigenvalue weighted by molar-refractivity contribution is 0.0950. The average molecular weight is 346 g/mol. The lowest BCUT2D eigenvalue weighted by atomic mass is 10.0. The van der Waals surface area contributed by atoms with E-state index in [4.69, 9.17) is 4.74 Å². The second-order valence-electron chi connectivity index (χ2n) is 6.24. The monoisotopic (exact) mass is 346 g/mol. The van der Waals surface area contributed by atoms with Crippen molar-refractivity contribution in [3.05, 3.63) is 83.0 Å². The van der Waals surface area contributed by atoms with Gasteiger partial charge in [-0.2, -0.15) is 0 Å². The molecule has 1 heterocycles. The lowest BCUT2D eigenvalue weighted by Gasteiger charge is -2.12. The number of methoxy groups -OCH3 is 1. The van der Waals surface area contributed by atoms with Crippen LogP contribution in [0.4, 0.5) is 0 Å². The van der Waals surface area contributed by atoms with Crippen molar-refractivity contribution in [2.45, 2.75) is 20.4 Å². The molecule has 3 rings (SSSR count). The number of amides is 1. The number of ether oxygens (including phenoxy) is 1. The number of benzene rings is 2. The van der Waals surface area contributed by atoms with Gasteiger partial charge in [0.2, 0.25) is 0 Å². The fourth-order valence-corrected chi connectivity index (χ4v) is 2.84. The predicted molar refractivity (Wildman–Crippen MR) is 103 cm³/mol. The van der Waals surface area contributed by atoms with Gasteiger partial charge in [-0.1, -0.05) is 23.8 Å². The first-order chi connectivity index (χ1) is 12.6. The van der Waals surface area contributed by atoms with E-state index in [1.807, 2.05) is 68.4 Å². The van der Waals surface area contributed by atoms with Crippen LogP contribution in [0, 0.1) is 13.8 Å². The third-order valence-electron chi connectivity index (χ3n) is 4.33. The van der Waals surface area contributed by atoms with Gasteiger partial charge in [-0.15, -0.1) is 0 Å². The highest BCUT2D eigenvalue weighted by Crippen LogP contribution is 2.23. The average Bonchev–Trinajstić information content (AvgIpc) is 2.68. The Labute approximate surface area is 153 Å². The second kappa shape index (κ2) is 7.83. The molecule has 26 heavy (non-hydrogen) atoms. The standard InChI is InChI=1S/C22H22N2O2/c1-15-6-7-16(2)20(13-15)22(25)24-14-18-5-4-12-23-21(18)17-8-10-19(26-3)11-9-17/h4-13H,14H2,1-3H3,(H,24,25). The molecule has 4 nitrogen and oxygen atoms in total. The van der Waals surface area contributed by atoms with Gasteiger partial charge in [0.25, 0.3) is 5.91 Å². The van der Waals surface area contributed by atoms with Crippen LogP contribution in [-0.2, 0) is 6.54 Å².